The van der Waals surface area contributed by atoms with E-state index in [1.54, 1.807) is 6.07 Å². The van der Waals surface area contributed by atoms with E-state index in [4.69, 9.17) is 4.74 Å². The Labute approximate surface area is 170 Å². The zero-order valence-electron chi connectivity index (χ0n) is 15.7. The molecule has 0 aliphatic carbocycles. The molecule has 4 aromatic rings. The Morgan fingerprint density at radius 2 is 1.97 bits per heavy atom. The number of nitrogens with zero attached hydrogens (tertiary/aromatic N) is 3. The standard InChI is InChI=1S/C21H18N4O3S/c1-2-28-15-8-9-17-18(12-15)29-21(22-17)23-19(26)13-25-20(27)11-10-16(24-25)14-6-4-3-5-7-14/h3-12H,2,13H2,1H3,(H,22,23,26). The highest BCUT2D eigenvalue weighted by molar-refractivity contribution is 7.22. The number of rotatable bonds is 6. The van der Waals surface area contributed by atoms with Crippen LogP contribution in [-0.2, 0) is 11.3 Å². The van der Waals surface area contributed by atoms with Gasteiger partial charge in [-0.1, -0.05) is 41.7 Å². The molecule has 1 N–H and O–H groups in total. The lowest BCUT2D eigenvalue weighted by molar-refractivity contribution is -0.117. The van der Waals surface area contributed by atoms with Gasteiger partial charge in [0.2, 0.25) is 5.91 Å². The van der Waals surface area contributed by atoms with Gasteiger partial charge in [0.15, 0.2) is 5.13 Å². The summed E-state index contributed by atoms with van der Waals surface area (Å²) in [7, 11) is 0. The molecule has 0 bridgehead atoms. The zero-order valence-corrected chi connectivity index (χ0v) is 16.5. The largest absolute Gasteiger partial charge is 0.494 e. The predicted molar refractivity (Wildman–Crippen MR) is 113 cm³/mol. The summed E-state index contributed by atoms with van der Waals surface area (Å²) in [5, 5.41) is 7.52. The molecule has 7 nitrogen and oxygen atoms in total. The van der Waals surface area contributed by atoms with Crippen LogP contribution in [0, 0.1) is 0 Å². The fourth-order valence-corrected chi connectivity index (χ4v) is 3.75. The van der Waals surface area contributed by atoms with E-state index in [-0.39, 0.29) is 18.0 Å². The minimum atomic E-state index is -0.367. The van der Waals surface area contributed by atoms with E-state index in [1.807, 2.05) is 55.5 Å². The lowest BCUT2D eigenvalue weighted by Gasteiger charge is -2.07. The van der Waals surface area contributed by atoms with Crippen molar-refractivity contribution in [3.8, 4) is 17.0 Å². The summed E-state index contributed by atoms with van der Waals surface area (Å²) in [6.45, 7) is 2.31. The number of anilines is 1. The molecular formula is C21H18N4O3S. The Morgan fingerprint density at radius 1 is 1.14 bits per heavy atom. The Morgan fingerprint density at radius 3 is 2.76 bits per heavy atom. The molecule has 2 aromatic heterocycles. The molecule has 1 amide bonds. The van der Waals surface area contributed by atoms with Crippen LogP contribution in [0.1, 0.15) is 6.92 Å². The third-order valence-corrected chi connectivity index (χ3v) is 5.08. The van der Waals surface area contributed by atoms with Crippen LogP contribution >= 0.6 is 11.3 Å². The molecule has 0 saturated carbocycles. The van der Waals surface area contributed by atoms with Crippen molar-refractivity contribution >= 4 is 32.6 Å². The molecule has 29 heavy (non-hydrogen) atoms. The Hall–Kier alpha value is -3.52. The summed E-state index contributed by atoms with van der Waals surface area (Å²) in [5.74, 6) is 0.393. The van der Waals surface area contributed by atoms with Crippen LogP contribution < -0.4 is 15.6 Å². The lowest BCUT2D eigenvalue weighted by Crippen LogP contribution is -2.29. The average Bonchev–Trinajstić information content (AvgIpc) is 3.12. The number of nitrogens with one attached hydrogen (secondary N) is 1. The summed E-state index contributed by atoms with van der Waals surface area (Å²) in [6, 6.07) is 18.1. The van der Waals surface area contributed by atoms with Crippen molar-refractivity contribution in [2.24, 2.45) is 0 Å². The number of thiazole rings is 1. The van der Waals surface area contributed by atoms with E-state index in [9.17, 15) is 9.59 Å². The maximum absolute atomic E-state index is 12.5. The van der Waals surface area contributed by atoms with E-state index in [0.29, 0.717) is 17.4 Å². The monoisotopic (exact) mass is 406 g/mol. The molecule has 0 unspecified atom stereocenters. The Kier molecular flexibility index (Phi) is 5.35. The third kappa shape index (κ3) is 4.33. The predicted octanol–water partition coefficient (Wildman–Crippen LogP) is 3.56. The van der Waals surface area contributed by atoms with Crippen molar-refractivity contribution in [3.05, 3.63) is 71.0 Å². The van der Waals surface area contributed by atoms with Crippen LogP contribution in [0.5, 0.6) is 5.75 Å². The number of benzene rings is 2. The number of aromatic nitrogens is 3. The van der Waals surface area contributed by atoms with E-state index in [1.165, 1.54) is 17.4 Å². The maximum atomic E-state index is 12.5. The Balaban J connectivity index is 1.51. The van der Waals surface area contributed by atoms with Crippen LogP contribution in [0.4, 0.5) is 5.13 Å². The summed E-state index contributed by atoms with van der Waals surface area (Å²) >= 11 is 1.35. The molecule has 0 aliphatic rings. The maximum Gasteiger partial charge on any atom is 0.267 e. The topological polar surface area (TPSA) is 86.1 Å². The van der Waals surface area contributed by atoms with Gasteiger partial charge in [-0.2, -0.15) is 5.10 Å². The number of hydrogen-bond donors (Lipinski definition) is 1. The molecule has 2 aromatic carbocycles. The SMILES string of the molecule is CCOc1ccc2nc(NC(=O)Cn3nc(-c4ccccc4)ccc3=O)sc2c1. The number of fused-ring (bicyclic) bond motifs is 1. The van der Waals surface area contributed by atoms with E-state index in [0.717, 1.165) is 26.2 Å². The van der Waals surface area contributed by atoms with Gasteiger partial charge >= 0.3 is 0 Å². The number of ether oxygens (including phenoxy) is 1. The second-order valence-electron chi connectivity index (χ2n) is 6.21. The van der Waals surface area contributed by atoms with Gasteiger partial charge in [0.05, 0.1) is 22.5 Å². The highest BCUT2D eigenvalue weighted by Crippen LogP contribution is 2.29. The molecule has 2 heterocycles. The van der Waals surface area contributed by atoms with E-state index < -0.39 is 0 Å². The summed E-state index contributed by atoms with van der Waals surface area (Å²) < 4.78 is 7.55. The fourth-order valence-electron chi connectivity index (χ4n) is 2.83. The lowest BCUT2D eigenvalue weighted by atomic mass is 10.1. The van der Waals surface area contributed by atoms with Gasteiger partial charge in [0.25, 0.3) is 5.56 Å². The van der Waals surface area contributed by atoms with Crippen molar-refractivity contribution in [1.29, 1.82) is 0 Å². The van der Waals surface area contributed by atoms with Gasteiger partial charge in [0.1, 0.15) is 12.3 Å². The molecule has 0 spiro atoms. The summed E-state index contributed by atoms with van der Waals surface area (Å²) in [4.78, 5) is 29.0. The Bertz CT molecular complexity index is 1220. The second-order valence-corrected chi connectivity index (χ2v) is 7.24. The number of carbonyl (C=O) groups excluding carboxylic acids is 1. The molecule has 0 radical (unpaired) electrons. The highest BCUT2D eigenvalue weighted by Gasteiger charge is 2.11. The molecule has 8 heteroatoms. The molecule has 146 valence electrons. The van der Waals surface area contributed by atoms with Crippen LogP contribution in [0.25, 0.3) is 21.5 Å². The van der Waals surface area contributed by atoms with Gasteiger partial charge in [0, 0.05) is 11.6 Å². The smallest absolute Gasteiger partial charge is 0.267 e. The van der Waals surface area contributed by atoms with Gasteiger partial charge in [-0.3, -0.25) is 9.59 Å². The molecule has 0 saturated heterocycles. The van der Waals surface area contributed by atoms with E-state index >= 15 is 0 Å². The van der Waals surface area contributed by atoms with Gasteiger partial charge in [-0.05, 0) is 31.2 Å². The minimum absolute atomic E-state index is 0.195. The minimum Gasteiger partial charge on any atom is -0.494 e. The molecule has 0 aliphatic heterocycles. The molecular weight excluding hydrogens is 388 g/mol. The van der Waals surface area contributed by atoms with Gasteiger partial charge in [-0.25, -0.2) is 9.67 Å². The van der Waals surface area contributed by atoms with Gasteiger partial charge in [-0.15, -0.1) is 0 Å². The average molecular weight is 406 g/mol. The highest BCUT2D eigenvalue weighted by atomic mass is 32.1. The second kappa shape index (κ2) is 8.24. The molecule has 0 atom stereocenters. The third-order valence-electron chi connectivity index (χ3n) is 4.15. The first-order valence-corrected chi connectivity index (χ1v) is 9.91. The zero-order chi connectivity index (χ0) is 20.2. The number of amides is 1. The fraction of sp³-hybridized carbons (Fsp3) is 0.143. The van der Waals surface area contributed by atoms with Crippen molar-refractivity contribution in [3.63, 3.8) is 0 Å². The van der Waals surface area contributed by atoms with Crippen LogP contribution in [0.2, 0.25) is 0 Å². The number of carbonyl (C=O) groups is 1. The molecule has 4 rings (SSSR count). The van der Waals surface area contributed by atoms with Crippen LogP contribution in [0.15, 0.2) is 65.5 Å². The van der Waals surface area contributed by atoms with Crippen molar-refractivity contribution in [1.82, 2.24) is 14.8 Å². The van der Waals surface area contributed by atoms with Crippen molar-refractivity contribution in [2.45, 2.75) is 13.5 Å². The van der Waals surface area contributed by atoms with Crippen molar-refractivity contribution in [2.75, 3.05) is 11.9 Å². The first kappa shape index (κ1) is 18.8. The normalized spacial score (nSPS) is 10.8. The number of hydrogen-bond acceptors (Lipinski definition) is 6. The quantitative estimate of drug-likeness (QED) is 0.529. The first-order valence-electron chi connectivity index (χ1n) is 9.09. The first-order chi connectivity index (χ1) is 14.1. The summed E-state index contributed by atoms with van der Waals surface area (Å²) in [5.41, 5.74) is 1.93. The molecule has 0 fully saturated rings. The summed E-state index contributed by atoms with van der Waals surface area (Å²) in [6.07, 6.45) is 0. The van der Waals surface area contributed by atoms with E-state index in [2.05, 4.69) is 15.4 Å². The van der Waals surface area contributed by atoms with Crippen LogP contribution in [0.3, 0.4) is 0 Å². The van der Waals surface area contributed by atoms with Gasteiger partial charge < -0.3 is 10.1 Å². The van der Waals surface area contributed by atoms with Crippen molar-refractivity contribution < 1.29 is 9.53 Å². The van der Waals surface area contributed by atoms with Crippen LogP contribution in [-0.4, -0.2) is 27.3 Å².